The highest BCUT2D eigenvalue weighted by molar-refractivity contribution is 7.81. The third kappa shape index (κ3) is 2.73. The van der Waals surface area contributed by atoms with E-state index < -0.39 is 11.4 Å². The van der Waals surface area contributed by atoms with Gasteiger partial charge in [0.15, 0.2) is 0 Å². The predicted octanol–water partition coefficient (Wildman–Crippen LogP) is 1.17. The maximum atomic E-state index is 13.0. The molecule has 5 heteroatoms. The molecule has 1 aromatic rings. The Bertz CT molecular complexity index is 399. The Hall–Kier alpha value is -0.780. The highest BCUT2D eigenvalue weighted by Crippen LogP contribution is 2.31. The monoisotopic (exact) mass is 258 g/mol. The minimum Gasteiger partial charge on any atom is -0.489 e. The summed E-state index contributed by atoms with van der Waals surface area (Å²) in [5.74, 6) is 0.357. The van der Waals surface area contributed by atoms with Crippen LogP contribution in [-0.2, 0) is 6.42 Å². The Morgan fingerprint density at radius 1 is 1.53 bits per heavy atom. The first-order valence-corrected chi connectivity index (χ1v) is 6.05. The molecule has 1 unspecified atom stereocenters. The number of aliphatic hydroxyl groups is 2. The molecule has 0 saturated heterocycles. The van der Waals surface area contributed by atoms with Gasteiger partial charge in [-0.25, -0.2) is 4.39 Å². The third-order valence-electron chi connectivity index (χ3n) is 2.96. The lowest BCUT2D eigenvalue weighted by Gasteiger charge is -2.31. The summed E-state index contributed by atoms with van der Waals surface area (Å²) in [6, 6.07) is 4.39. The van der Waals surface area contributed by atoms with E-state index in [9.17, 15) is 9.50 Å². The van der Waals surface area contributed by atoms with Crippen LogP contribution in [0.25, 0.3) is 0 Å². The van der Waals surface area contributed by atoms with Crippen molar-refractivity contribution in [2.75, 3.05) is 6.61 Å². The predicted molar refractivity (Wildman–Crippen MR) is 65.0 cm³/mol. The van der Waals surface area contributed by atoms with Crippen molar-refractivity contribution >= 4 is 12.6 Å². The summed E-state index contributed by atoms with van der Waals surface area (Å²) in [5.41, 5.74) is 0.834. The number of hydrogen-bond donors (Lipinski definition) is 3. The first-order chi connectivity index (χ1) is 8.11. The van der Waals surface area contributed by atoms with Gasteiger partial charge in [0.1, 0.15) is 17.7 Å². The molecule has 1 aliphatic heterocycles. The van der Waals surface area contributed by atoms with Crippen molar-refractivity contribution < 1.29 is 19.3 Å². The number of thiol groups is 1. The Morgan fingerprint density at radius 3 is 3.00 bits per heavy atom. The van der Waals surface area contributed by atoms with Gasteiger partial charge in [0.25, 0.3) is 0 Å². The minimum absolute atomic E-state index is 0.265. The molecule has 0 saturated carbocycles. The SMILES string of the molecule is OC[C@H](O)C(S)[C@@H]1CCc2cc(F)ccc2O1. The first-order valence-electron chi connectivity index (χ1n) is 5.54. The molecule has 3 nitrogen and oxygen atoms in total. The molecule has 0 amide bonds. The normalized spacial score (nSPS) is 22.5. The topological polar surface area (TPSA) is 49.7 Å². The highest BCUT2D eigenvalue weighted by atomic mass is 32.1. The van der Waals surface area contributed by atoms with Crippen molar-refractivity contribution in [1.29, 1.82) is 0 Å². The van der Waals surface area contributed by atoms with Gasteiger partial charge >= 0.3 is 0 Å². The fourth-order valence-corrected chi connectivity index (χ4v) is 2.28. The van der Waals surface area contributed by atoms with Gasteiger partial charge in [-0.2, -0.15) is 12.6 Å². The fraction of sp³-hybridized carbons (Fsp3) is 0.500. The molecule has 2 N–H and O–H groups in total. The molecule has 0 fully saturated rings. The van der Waals surface area contributed by atoms with Gasteiger partial charge in [-0.15, -0.1) is 0 Å². The zero-order chi connectivity index (χ0) is 12.4. The third-order valence-corrected chi connectivity index (χ3v) is 3.64. The lowest BCUT2D eigenvalue weighted by Crippen LogP contribution is -2.40. The quantitative estimate of drug-likeness (QED) is 0.713. The van der Waals surface area contributed by atoms with E-state index in [2.05, 4.69) is 12.6 Å². The van der Waals surface area contributed by atoms with Gasteiger partial charge in [0.05, 0.1) is 18.0 Å². The van der Waals surface area contributed by atoms with Crippen LogP contribution in [0.4, 0.5) is 4.39 Å². The van der Waals surface area contributed by atoms with Gasteiger partial charge in [-0.1, -0.05) is 0 Å². The van der Waals surface area contributed by atoms with Crippen LogP contribution < -0.4 is 4.74 Å². The molecule has 0 aromatic heterocycles. The van der Waals surface area contributed by atoms with Gasteiger partial charge in [-0.3, -0.25) is 0 Å². The standard InChI is InChI=1S/C12H15FO3S/c13-8-2-4-10-7(5-8)1-3-11(16-10)12(17)9(15)6-14/h2,4-5,9,11-12,14-15,17H,1,3,6H2/t9-,11-,12?/m0/s1. The van der Waals surface area contributed by atoms with E-state index in [1.54, 1.807) is 6.07 Å². The fourth-order valence-electron chi connectivity index (χ4n) is 1.97. The molecular weight excluding hydrogens is 243 g/mol. The van der Waals surface area contributed by atoms with Crippen molar-refractivity contribution in [1.82, 2.24) is 0 Å². The van der Waals surface area contributed by atoms with E-state index in [4.69, 9.17) is 9.84 Å². The van der Waals surface area contributed by atoms with Crippen molar-refractivity contribution in [3.63, 3.8) is 0 Å². The smallest absolute Gasteiger partial charge is 0.123 e. The molecule has 0 bridgehead atoms. The van der Waals surface area contributed by atoms with Crippen LogP contribution in [0.15, 0.2) is 18.2 Å². The summed E-state index contributed by atoms with van der Waals surface area (Å²) in [4.78, 5) is 0. The molecule has 1 aromatic carbocycles. The van der Waals surface area contributed by atoms with Gasteiger partial charge in [0.2, 0.25) is 0 Å². The molecule has 0 spiro atoms. The van der Waals surface area contributed by atoms with Crippen LogP contribution in [0.5, 0.6) is 5.75 Å². The number of aryl methyl sites for hydroxylation is 1. The number of benzene rings is 1. The van der Waals surface area contributed by atoms with Gasteiger partial charge in [-0.05, 0) is 36.6 Å². The lowest BCUT2D eigenvalue weighted by atomic mass is 9.98. The molecule has 0 aliphatic carbocycles. The zero-order valence-corrected chi connectivity index (χ0v) is 10.1. The average molecular weight is 258 g/mol. The summed E-state index contributed by atoms with van der Waals surface area (Å²) in [5, 5.41) is 17.9. The van der Waals surface area contributed by atoms with E-state index in [0.717, 1.165) is 5.56 Å². The summed E-state index contributed by atoms with van der Waals surface area (Å²) < 4.78 is 18.6. The number of fused-ring (bicyclic) bond motifs is 1. The molecule has 1 heterocycles. The molecule has 1 aliphatic rings. The van der Waals surface area contributed by atoms with Crippen LogP contribution in [0.2, 0.25) is 0 Å². The van der Waals surface area contributed by atoms with Crippen molar-refractivity contribution in [2.24, 2.45) is 0 Å². The number of hydrogen-bond acceptors (Lipinski definition) is 4. The van der Waals surface area contributed by atoms with Crippen LogP contribution in [0, 0.1) is 5.82 Å². The Morgan fingerprint density at radius 2 is 2.29 bits per heavy atom. The second-order valence-corrected chi connectivity index (χ2v) is 4.78. The average Bonchev–Trinajstić information content (AvgIpc) is 2.36. The van der Waals surface area contributed by atoms with Gasteiger partial charge < -0.3 is 14.9 Å². The van der Waals surface area contributed by atoms with E-state index in [1.165, 1.54) is 12.1 Å². The highest BCUT2D eigenvalue weighted by Gasteiger charge is 2.30. The summed E-state index contributed by atoms with van der Waals surface area (Å²) >= 11 is 4.25. The Labute approximate surface area is 105 Å². The Kier molecular flexibility index (Phi) is 3.91. The van der Waals surface area contributed by atoms with Crippen LogP contribution in [0.1, 0.15) is 12.0 Å². The molecule has 0 radical (unpaired) electrons. The maximum Gasteiger partial charge on any atom is 0.123 e. The second kappa shape index (κ2) is 5.25. The van der Waals surface area contributed by atoms with E-state index in [-0.39, 0.29) is 18.5 Å². The summed E-state index contributed by atoms with van der Waals surface area (Å²) in [6.45, 7) is -0.343. The van der Waals surface area contributed by atoms with E-state index in [1.807, 2.05) is 0 Å². The first kappa shape index (κ1) is 12.7. The molecule has 17 heavy (non-hydrogen) atoms. The van der Waals surface area contributed by atoms with Crippen molar-refractivity contribution in [3.8, 4) is 5.75 Å². The lowest BCUT2D eigenvalue weighted by molar-refractivity contribution is 0.0511. The van der Waals surface area contributed by atoms with Gasteiger partial charge in [0, 0.05) is 0 Å². The number of ether oxygens (including phenoxy) is 1. The van der Waals surface area contributed by atoms with Crippen LogP contribution in [0.3, 0.4) is 0 Å². The Balaban J connectivity index is 2.11. The summed E-state index contributed by atoms with van der Waals surface area (Å²) in [7, 11) is 0. The van der Waals surface area contributed by atoms with E-state index in [0.29, 0.717) is 18.6 Å². The molecular formula is C12H15FO3S. The molecule has 94 valence electrons. The second-order valence-electron chi connectivity index (χ2n) is 4.19. The zero-order valence-electron chi connectivity index (χ0n) is 9.21. The summed E-state index contributed by atoms with van der Waals surface area (Å²) in [6.07, 6.45) is 0.165. The molecule has 2 rings (SSSR count). The minimum atomic E-state index is -0.912. The maximum absolute atomic E-state index is 13.0. The largest absolute Gasteiger partial charge is 0.489 e. The van der Waals surface area contributed by atoms with Crippen LogP contribution >= 0.6 is 12.6 Å². The molecule has 3 atom stereocenters. The number of halogens is 1. The van der Waals surface area contributed by atoms with Crippen molar-refractivity contribution in [2.45, 2.75) is 30.3 Å². The number of aliphatic hydroxyl groups excluding tert-OH is 2. The number of rotatable bonds is 3. The van der Waals surface area contributed by atoms with E-state index >= 15 is 0 Å². The van der Waals surface area contributed by atoms with Crippen molar-refractivity contribution in [3.05, 3.63) is 29.6 Å². The van der Waals surface area contributed by atoms with Crippen LogP contribution in [-0.4, -0.2) is 34.3 Å².